The van der Waals surface area contributed by atoms with Crippen LogP contribution in [0.25, 0.3) is 10.9 Å². The third-order valence-electron chi connectivity index (χ3n) is 5.53. The lowest BCUT2D eigenvalue weighted by molar-refractivity contribution is 0.00758. The van der Waals surface area contributed by atoms with E-state index in [9.17, 15) is 5.11 Å². The van der Waals surface area contributed by atoms with Crippen molar-refractivity contribution >= 4 is 10.9 Å². The summed E-state index contributed by atoms with van der Waals surface area (Å²) in [4.78, 5) is 2.55. The largest absolute Gasteiger partial charge is 0.495 e. The van der Waals surface area contributed by atoms with Crippen molar-refractivity contribution in [2.24, 2.45) is 0 Å². The molecule has 5 nitrogen and oxygen atoms in total. The van der Waals surface area contributed by atoms with Gasteiger partial charge in [-0.1, -0.05) is 19.1 Å². The number of piperidine rings is 1. The Kier molecular flexibility index (Phi) is 7.16. The quantitative estimate of drug-likeness (QED) is 0.721. The van der Waals surface area contributed by atoms with Gasteiger partial charge in [0.2, 0.25) is 0 Å². The van der Waals surface area contributed by atoms with E-state index in [4.69, 9.17) is 9.47 Å². The second-order valence-corrected chi connectivity index (χ2v) is 7.58. The zero-order valence-electron chi connectivity index (χ0n) is 17.0. The highest BCUT2D eigenvalue weighted by Crippen LogP contribution is 2.33. The summed E-state index contributed by atoms with van der Waals surface area (Å²) < 4.78 is 13.7. The first-order valence-electron chi connectivity index (χ1n) is 10.3. The van der Waals surface area contributed by atoms with Crippen molar-refractivity contribution in [2.75, 3.05) is 33.4 Å². The summed E-state index contributed by atoms with van der Waals surface area (Å²) in [6.07, 6.45) is 6.53. The van der Waals surface area contributed by atoms with Crippen molar-refractivity contribution in [3.63, 3.8) is 0 Å². The molecule has 150 valence electrons. The fourth-order valence-corrected chi connectivity index (χ4v) is 4.08. The maximum absolute atomic E-state index is 10.1. The molecule has 1 aromatic carbocycles. The fourth-order valence-electron chi connectivity index (χ4n) is 4.08. The molecule has 1 fully saturated rings. The van der Waals surface area contributed by atoms with Crippen molar-refractivity contribution in [1.82, 2.24) is 9.47 Å². The van der Waals surface area contributed by atoms with Crippen LogP contribution in [0.5, 0.6) is 5.75 Å². The molecule has 27 heavy (non-hydrogen) atoms. The molecule has 2 heterocycles. The molecule has 0 aliphatic carbocycles. The number of para-hydroxylation sites is 1. The number of rotatable bonds is 9. The van der Waals surface area contributed by atoms with Gasteiger partial charge in [0.25, 0.3) is 0 Å². The monoisotopic (exact) mass is 374 g/mol. The molecule has 1 unspecified atom stereocenters. The molecule has 0 saturated carbocycles. The second kappa shape index (κ2) is 9.58. The average Bonchev–Trinajstić information content (AvgIpc) is 3.06. The average molecular weight is 375 g/mol. The van der Waals surface area contributed by atoms with Crippen LogP contribution in [0.3, 0.4) is 0 Å². The molecule has 1 N–H and O–H groups in total. The molecule has 0 amide bonds. The molecule has 0 spiro atoms. The number of likely N-dealkylation sites (tertiary alicyclic amines) is 1. The number of hydrogen-bond donors (Lipinski definition) is 1. The number of nitrogens with zero attached hydrogens (tertiary/aromatic N) is 2. The van der Waals surface area contributed by atoms with Crippen LogP contribution in [-0.2, 0) is 11.3 Å². The zero-order chi connectivity index (χ0) is 19.2. The van der Waals surface area contributed by atoms with Gasteiger partial charge in [-0.3, -0.25) is 0 Å². The summed E-state index contributed by atoms with van der Waals surface area (Å²) in [7, 11) is 1.71. The smallest absolute Gasteiger partial charge is 0.143 e. The van der Waals surface area contributed by atoms with Gasteiger partial charge in [-0.15, -0.1) is 0 Å². The zero-order valence-corrected chi connectivity index (χ0v) is 17.0. The number of benzene rings is 1. The summed E-state index contributed by atoms with van der Waals surface area (Å²) in [5.74, 6) is 0.869. The summed E-state index contributed by atoms with van der Waals surface area (Å²) >= 11 is 0. The number of methoxy groups -OCH3 is 1. The molecule has 0 bridgehead atoms. The molecule has 1 aliphatic rings. The van der Waals surface area contributed by atoms with Gasteiger partial charge in [-0.2, -0.15) is 0 Å². The molecule has 3 rings (SSSR count). The molecule has 1 saturated heterocycles. The minimum absolute atomic E-state index is 0.451. The Hall–Kier alpha value is -1.56. The van der Waals surface area contributed by atoms with E-state index in [1.807, 2.05) is 19.1 Å². The molecule has 1 atom stereocenters. The Morgan fingerprint density at radius 2 is 2.00 bits per heavy atom. The minimum Gasteiger partial charge on any atom is -0.495 e. The van der Waals surface area contributed by atoms with Gasteiger partial charge in [-0.25, -0.2) is 0 Å². The SMILES string of the molecule is CCCOC1CCN(CCCn2cc(C(C)O)c3cccc(OC)c32)CC1. The Morgan fingerprint density at radius 3 is 2.67 bits per heavy atom. The van der Waals surface area contributed by atoms with Crippen LogP contribution in [0, 0.1) is 0 Å². The molecule has 5 heteroatoms. The Morgan fingerprint density at radius 1 is 1.22 bits per heavy atom. The normalized spacial score (nSPS) is 17.5. The van der Waals surface area contributed by atoms with Crippen LogP contribution < -0.4 is 4.74 Å². The number of aromatic nitrogens is 1. The van der Waals surface area contributed by atoms with Crippen LogP contribution in [0.1, 0.15) is 51.2 Å². The molecular weight excluding hydrogens is 340 g/mol. The Bertz CT molecular complexity index is 718. The van der Waals surface area contributed by atoms with Gasteiger partial charge < -0.3 is 24.0 Å². The molecule has 1 aliphatic heterocycles. The van der Waals surface area contributed by atoms with Gasteiger partial charge >= 0.3 is 0 Å². The second-order valence-electron chi connectivity index (χ2n) is 7.58. The predicted octanol–water partition coefficient (Wildman–Crippen LogP) is 3.98. The van der Waals surface area contributed by atoms with E-state index in [2.05, 4.69) is 28.7 Å². The molecule has 2 aromatic rings. The first-order valence-corrected chi connectivity index (χ1v) is 10.3. The molecular formula is C22H34N2O3. The van der Waals surface area contributed by atoms with E-state index >= 15 is 0 Å². The standard InChI is InChI=1S/C22H34N2O3/c1-4-15-27-18-9-13-23(14-10-18)11-6-12-24-16-20(17(2)25)19-7-5-8-21(26-3)22(19)24/h5,7-8,16-18,25H,4,6,9-15H2,1-3H3. The van der Waals surface area contributed by atoms with Gasteiger partial charge in [0.1, 0.15) is 5.75 Å². The fraction of sp³-hybridized carbons (Fsp3) is 0.636. The lowest BCUT2D eigenvalue weighted by Crippen LogP contribution is -2.37. The number of hydrogen-bond acceptors (Lipinski definition) is 4. The van der Waals surface area contributed by atoms with Crippen molar-refractivity contribution in [3.05, 3.63) is 30.0 Å². The van der Waals surface area contributed by atoms with Crippen LogP contribution in [0.15, 0.2) is 24.4 Å². The van der Waals surface area contributed by atoms with Crippen molar-refractivity contribution in [3.8, 4) is 5.75 Å². The summed E-state index contributed by atoms with van der Waals surface area (Å²) in [5, 5.41) is 11.2. The maximum atomic E-state index is 10.1. The van der Waals surface area contributed by atoms with Gasteiger partial charge in [0.05, 0.1) is 24.8 Å². The number of fused-ring (bicyclic) bond motifs is 1. The third-order valence-corrected chi connectivity index (χ3v) is 5.53. The first-order chi connectivity index (χ1) is 13.1. The van der Waals surface area contributed by atoms with E-state index in [0.717, 1.165) is 80.7 Å². The van der Waals surface area contributed by atoms with Gasteiger partial charge in [-0.05, 0) is 45.2 Å². The maximum Gasteiger partial charge on any atom is 0.143 e. The third kappa shape index (κ3) is 4.84. The van der Waals surface area contributed by atoms with Gasteiger partial charge in [0.15, 0.2) is 0 Å². The summed E-state index contributed by atoms with van der Waals surface area (Å²) in [6, 6.07) is 6.05. The summed E-state index contributed by atoms with van der Waals surface area (Å²) in [6.45, 7) is 9.15. The van der Waals surface area contributed by atoms with E-state index < -0.39 is 6.10 Å². The van der Waals surface area contributed by atoms with Gasteiger partial charge in [0, 0.05) is 43.4 Å². The van der Waals surface area contributed by atoms with E-state index in [-0.39, 0.29) is 0 Å². The van der Waals surface area contributed by atoms with Crippen LogP contribution in [-0.4, -0.2) is 54.0 Å². The Labute approximate surface area is 162 Å². The molecule has 0 radical (unpaired) electrons. The van der Waals surface area contributed by atoms with E-state index in [1.54, 1.807) is 7.11 Å². The van der Waals surface area contributed by atoms with Crippen molar-refractivity contribution in [1.29, 1.82) is 0 Å². The van der Waals surface area contributed by atoms with Crippen molar-refractivity contribution < 1.29 is 14.6 Å². The lowest BCUT2D eigenvalue weighted by Gasteiger charge is -2.31. The van der Waals surface area contributed by atoms with Crippen LogP contribution in [0.2, 0.25) is 0 Å². The van der Waals surface area contributed by atoms with Crippen LogP contribution in [0.4, 0.5) is 0 Å². The number of ether oxygens (including phenoxy) is 2. The minimum atomic E-state index is -0.483. The highest BCUT2D eigenvalue weighted by molar-refractivity contribution is 5.89. The van der Waals surface area contributed by atoms with E-state index in [0.29, 0.717) is 6.10 Å². The summed E-state index contributed by atoms with van der Waals surface area (Å²) in [5.41, 5.74) is 2.06. The number of aliphatic hydroxyl groups is 1. The molecule has 1 aromatic heterocycles. The Balaban J connectivity index is 1.59. The highest BCUT2D eigenvalue weighted by Gasteiger charge is 2.20. The number of aryl methyl sites for hydroxylation is 1. The highest BCUT2D eigenvalue weighted by atomic mass is 16.5. The topological polar surface area (TPSA) is 46.9 Å². The predicted molar refractivity (Wildman–Crippen MR) is 109 cm³/mol. The first kappa shape index (κ1) is 20.2. The number of aliphatic hydroxyl groups excluding tert-OH is 1. The van der Waals surface area contributed by atoms with Crippen LogP contribution >= 0.6 is 0 Å². The lowest BCUT2D eigenvalue weighted by atomic mass is 10.1. The van der Waals surface area contributed by atoms with E-state index in [1.165, 1.54) is 0 Å². The van der Waals surface area contributed by atoms with Crippen molar-refractivity contribution in [2.45, 2.75) is 58.3 Å².